The number of nitrogens with zero attached hydrogens (tertiary/aromatic N) is 2. The molecule has 1 saturated heterocycles. The molecule has 0 amide bonds. The maximum Gasteiger partial charge on any atom is 0.347 e. The zero-order valence-electron chi connectivity index (χ0n) is 11.6. The minimum absolute atomic E-state index is 0.125. The maximum absolute atomic E-state index is 11.5. The van der Waals surface area contributed by atoms with Crippen LogP contribution in [0.5, 0.6) is 0 Å². The molecule has 0 unspecified atom stereocenters. The van der Waals surface area contributed by atoms with Crippen molar-refractivity contribution in [3.63, 3.8) is 0 Å². The summed E-state index contributed by atoms with van der Waals surface area (Å²) in [6, 6.07) is 11.5. The number of esters is 1. The molecule has 0 radical (unpaired) electrons. The van der Waals surface area contributed by atoms with Crippen molar-refractivity contribution >= 4 is 11.7 Å². The summed E-state index contributed by atoms with van der Waals surface area (Å²) in [4.78, 5) is 16.5. The van der Waals surface area contributed by atoms with Gasteiger partial charge in [-0.3, -0.25) is 5.32 Å². The van der Waals surface area contributed by atoms with Gasteiger partial charge in [0.25, 0.3) is 0 Å². The van der Waals surface area contributed by atoms with Gasteiger partial charge in [-0.25, -0.2) is 4.79 Å². The van der Waals surface area contributed by atoms with Crippen molar-refractivity contribution in [2.75, 3.05) is 13.2 Å². The van der Waals surface area contributed by atoms with Gasteiger partial charge in [-0.05, 0) is 18.4 Å². The summed E-state index contributed by atoms with van der Waals surface area (Å²) in [5, 5.41) is 15.6. The van der Waals surface area contributed by atoms with Gasteiger partial charge in [0.2, 0.25) is 6.61 Å². The quantitative estimate of drug-likeness (QED) is 0.653. The molecule has 0 saturated carbocycles. The standard InChI is InChI=1S/C15H17N3O3/c16-8-13-6-7-14(9-17-13)18-21-11-15(19)20-10-12-4-2-1-3-5-12/h1-5,13,17H,6-7,9-11H2/t13-/m0/s1. The van der Waals surface area contributed by atoms with Crippen molar-refractivity contribution in [2.45, 2.75) is 25.5 Å². The number of benzene rings is 1. The van der Waals surface area contributed by atoms with E-state index in [1.807, 2.05) is 30.3 Å². The Morgan fingerprint density at radius 2 is 2.24 bits per heavy atom. The number of carbonyl (C=O) groups excluding carboxylic acids is 1. The number of nitrogens with one attached hydrogen (secondary N) is 1. The first-order valence-electron chi connectivity index (χ1n) is 6.78. The molecule has 0 bridgehead atoms. The highest BCUT2D eigenvalue weighted by molar-refractivity contribution is 5.86. The summed E-state index contributed by atoms with van der Waals surface area (Å²) in [6.07, 6.45) is 1.40. The first kappa shape index (κ1) is 15.0. The molecule has 1 atom stereocenters. The highest BCUT2D eigenvalue weighted by Crippen LogP contribution is 2.05. The topological polar surface area (TPSA) is 83.7 Å². The van der Waals surface area contributed by atoms with Gasteiger partial charge < -0.3 is 9.57 Å². The van der Waals surface area contributed by atoms with Crippen LogP contribution in [0.3, 0.4) is 0 Å². The largest absolute Gasteiger partial charge is 0.458 e. The Kier molecular flexibility index (Phi) is 5.73. The molecule has 6 nitrogen and oxygen atoms in total. The highest BCUT2D eigenvalue weighted by atomic mass is 16.7. The lowest BCUT2D eigenvalue weighted by molar-refractivity contribution is -0.150. The van der Waals surface area contributed by atoms with Gasteiger partial charge in [0, 0.05) is 6.54 Å². The number of nitriles is 1. The van der Waals surface area contributed by atoms with Gasteiger partial charge in [0.15, 0.2) is 0 Å². The number of rotatable bonds is 5. The molecular weight excluding hydrogens is 270 g/mol. The van der Waals surface area contributed by atoms with Gasteiger partial charge in [-0.2, -0.15) is 5.26 Å². The fraction of sp³-hybridized carbons (Fsp3) is 0.400. The molecule has 21 heavy (non-hydrogen) atoms. The van der Waals surface area contributed by atoms with Crippen molar-refractivity contribution in [3.05, 3.63) is 35.9 Å². The third-order valence-electron chi connectivity index (χ3n) is 3.05. The van der Waals surface area contributed by atoms with Gasteiger partial charge in [-0.1, -0.05) is 35.5 Å². The average Bonchev–Trinajstić information content (AvgIpc) is 2.54. The van der Waals surface area contributed by atoms with Crippen LogP contribution in [-0.2, 0) is 21.0 Å². The van der Waals surface area contributed by atoms with Gasteiger partial charge in [0.05, 0.1) is 17.8 Å². The molecule has 1 fully saturated rings. The van der Waals surface area contributed by atoms with Gasteiger partial charge >= 0.3 is 5.97 Å². The predicted molar refractivity (Wildman–Crippen MR) is 76.3 cm³/mol. The Balaban J connectivity index is 1.64. The molecule has 1 aromatic rings. The van der Waals surface area contributed by atoms with Crippen molar-refractivity contribution in [1.82, 2.24) is 5.32 Å². The molecule has 0 aromatic heterocycles. The van der Waals surface area contributed by atoms with Crippen LogP contribution in [0.2, 0.25) is 0 Å². The second kappa shape index (κ2) is 8.02. The number of carbonyl (C=O) groups is 1. The van der Waals surface area contributed by atoms with E-state index in [-0.39, 0.29) is 19.3 Å². The number of ether oxygens (including phenoxy) is 1. The van der Waals surface area contributed by atoms with Gasteiger partial charge in [0.1, 0.15) is 6.61 Å². The van der Waals surface area contributed by atoms with E-state index in [0.29, 0.717) is 19.4 Å². The highest BCUT2D eigenvalue weighted by Gasteiger charge is 2.16. The Labute approximate surface area is 123 Å². The molecule has 1 aliphatic heterocycles. The lowest BCUT2D eigenvalue weighted by atomic mass is 10.1. The van der Waals surface area contributed by atoms with Crippen LogP contribution in [-0.4, -0.2) is 30.9 Å². The van der Waals surface area contributed by atoms with E-state index in [4.69, 9.17) is 14.8 Å². The SMILES string of the molecule is N#C[C@@H]1CCC(=NOCC(=O)OCc2ccccc2)CN1. The molecule has 0 spiro atoms. The summed E-state index contributed by atoms with van der Waals surface area (Å²) in [5.41, 5.74) is 1.73. The lowest BCUT2D eigenvalue weighted by Gasteiger charge is -2.18. The van der Waals surface area contributed by atoms with Crippen LogP contribution in [0.15, 0.2) is 35.5 Å². The summed E-state index contributed by atoms with van der Waals surface area (Å²) in [7, 11) is 0. The maximum atomic E-state index is 11.5. The molecule has 0 aliphatic carbocycles. The fourth-order valence-electron chi connectivity index (χ4n) is 1.89. The summed E-state index contributed by atoms with van der Waals surface area (Å²) >= 11 is 0. The van der Waals surface area contributed by atoms with Crippen LogP contribution in [0.1, 0.15) is 18.4 Å². The molecule has 1 aliphatic rings. The third kappa shape index (κ3) is 5.24. The van der Waals surface area contributed by atoms with Crippen LogP contribution in [0.4, 0.5) is 0 Å². The van der Waals surface area contributed by atoms with Crippen LogP contribution >= 0.6 is 0 Å². The van der Waals surface area contributed by atoms with Crippen LogP contribution in [0.25, 0.3) is 0 Å². The number of hydrogen-bond acceptors (Lipinski definition) is 6. The molecule has 110 valence electrons. The van der Waals surface area contributed by atoms with E-state index in [0.717, 1.165) is 11.3 Å². The Morgan fingerprint density at radius 3 is 2.90 bits per heavy atom. The predicted octanol–water partition coefficient (Wildman–Crippen LogP) is 1.38. The van der Waals surface area contributed by atoms with E-state index >= 15 is 0 Å². The molecule has 6 heteroatoms. The molecular formula is C15H17N3O3. The average molecular weight is 287 g/mol. The van der Waals surface area contributed by atoms with E-state index in [9.17, 15) is 4.79 Å². The zero-order chi connectivity index (χ0) is 14.9. The molecule has 1 heterocycles. The molecule has 1 N–H and O–H groups in total. The Morgan fingerprint density at radius 1 is 1.43 bits per heavy atom. The van der Waals surface area contributed by atoms with Crippen LogP contribution in [0, 0.1) is 11.3 Å². The third-order valence-corrected chi connectivity index (χ3v) is 3.05. The van der Waals surface area contributed by atoms with Crippen molar-refractivity contribution in [1.29, 1.82) is 5.26 Å². The minimum Gasteiger partial charge on any atom is -0.458 e. The lowest BCUT2D eigenvalue weighted by Crippen LogP contribution is -2.38. The van der Waals surface area contributed by atoms with E-state index < -0.39 is 5.97 Å². The number of oxime groups is 1. The second-order valence-electron chi connectivity index (χ2n) is 4.68. The van der Waals surface area contributed by atoms with E-state index in [1.54, 1.807) is 0 Å². The molecule has 2 rings (SSSR count). The minimum atomic E-state index is -0.457. The summed E-state index contributed by atoms with van der Waals surface area (Å²) in [5.74, 6) is -0.457. The number of piperidine rings is 1. The van der Waals surface area contributed by atoms with E-state index in [1.165, 1.54) is 0 Å². The van der Waals surface area contributed by atoms with Gasteiger partial charge in [-0.15, -0.1) is 0 Å². The summed E-state index contributed by atoms with van der Waals surface area (Å²) in [6.45, 7) is 0.528. The normalized spacial score (nSPS) is 19.8. The fourth-order valence-corrected chi connectivity index (χ4v) is 1.89. The van der Waals surface area contributed by atoms with Crippen molar-refractivity contribution < 1.29 is 14.4 Å². The first-order valence-corrected chi connectivity index (χ1v) is 6.78. The summed E-state index contributed by atoms with van der Waals surface area (Å²) < 4.78 is 5.06. The number of hydrogen-bond donors (Lipinski definition) is 1. The van der Waals surface area contributed by atoms with Crippen molar-refractivity contribution in [3.8, 4) is 6.07 Å². The second-order valence-corrected chi connectivity index (χ2v) is 4.68. The first-order chi connectivity index (χ1) is 10.3. The smallest absolute Gasteiger partial charge is 0.347 e. The Hall–Kier alpha value is -2.39. The molecule has 1 aromatic carbocycles. The van der Waals surface area contributed by atoms with Crippen molar-refractivity contribution in [2.24, 2.45) is 5.16 Å². The van der Waals surface area contributed by atoms with Crippen LogP contribution < -0.4 is 5.32 Å². The Bertz CT molecular complexity index is 527. The zero-order valence-corrected chi connectivity index (χ0v) is 11.6. The van der Waals surface area contributed by atoms with E-state index in [2.05, 4.69) is 16.5 Å². The monoisotopic (exact) mass is 287 g/mol.